The third kappa shape index (κ3) is 4.00. The third-order valence-corrected chi connectivity index (χ3v) is 5.14. The molecule has 0 aromatic carbocycles. The van der Waals surface area contributed by atoms with Crippen molar-refractivity contribution in [3.8, 4) is 0 Å². The summed E-state index contributed by atoms with van der Waals surface area (Å²) >= 11 is 7.03. The fraction of sp³-hybridized carbons (Fsp3) is 0.643. The van der Waals surface area contributed by atoms with E-state index in [2.05, 4.69) is 54.9 Å². The molecule has 2 atom stereocenters. The van der Waals surface area contributed by atoms with Crippen molar-refractivity contribution >= 4 is 31.9 Å². The Morgan fingerprint density at radius 2 is 2.11 bits per heavy atom. The number of nitrogens with two attached hydrogens (primary N) is 1. The molecule has 1 heterocycles. The van der Waals surface area contributed by atoms with Crippen molar-refractivity contribution in [3.63, 3.8) is 0 Å². The lowest BCUT2D eigenvalue weighted by molar-refractivity contribution is 0.126. The van der Waals surface area contributed by atoms with Gasteiger partial charge in [-0.25, -0.2) is 0 Å². The summed E-state index contributed by atoms with van der Waals surface area (Å²) in [4.78, 5) is 6.91. The smallest absolute Gasteiger partial charge is 0.0686 e. The molecule has 3 nitrogen and oxygen atoms in total. The summed E-state index contributed by atoms with van der Waals surface area (Å²) in [6.07, 6.45) is 7.02. The minimum atomic E-state index is 0.594. The Morgan fingerprint density at radius 3 is 2.79 bits per heavy atom. The SMILES string of the molecule is CN(Cc1ncc(Br)cc1Br)C1CCCCC1CN. The van der Waals surface area contributed by atoms with Gasteiger partial charge in [-0.1, -0.05) is 12.8 Å². The molecule has 0 radical (unpaired) electrons. The molecule has 0 spiro atoms. The van der Waals surface area contributed by atoms with Crippen LogP contribution in [-0.2, 0) is 6.54 Å². The second-order valence-corrected chi connectivity index (χ2v) is 7.11. The number of halogens is 2. The molecule has 1 aromatic heterocycles. The van der Waals surface area contributed by atoms with Crippen LogP contribution in [0.1, 0.15) is 31.4 Å². The van der Waals surface area contributed by atoms with Gasteiger partial charge in [-0.2, -0.15) is 0 Å². The number of pyridine rings is 1. The monoisotopic (exact) mass is 389 g/mol. The highest BCUT2D eigenvalue weighted by molar-refractivity contribution is 9.11. The van der Waals surface area contributed by atoms with E-state index in [1.54, 1.807) is 0 Å². The molecule has 0 aliphatic heterocycles. The second kappa shape index (κ2) is 7.16. The fourth-order valence-electron chi connectivity index (χ4n) is 2.96. The number of hydrogen-bond donors (Lipinski definition) is 1. The second-order valence-electron chi connectivity index (χ2n) is 5.34. The topological polar surface area (TPSA) is 42.2 Å². The van der Waals surface area contributed by atoms with Gasteiger partial charge in [0.05, 0.1) is 5.69 Å². The molecule has 1 fully saturated rings. The summed E-state index contributed by atoms with van der Waals surface area (Å²) in [5.74, 6) is 0.632. The largest absolute Gasteiger partial charge is 0.330 e. The van der Waals surface area contributed by atoms with Crippen LogP contribution in [0.5, 0.6) is 0 Å². The quantitative estimate of drug-likeness (QED) is 0.854. The van der Waals surface area contributed by atoms with E-state index in [9.17, 15) is 0 Å². The van der Waals surface area contributed by atoms with Crippen molar-refractivity contribution in [2.45, 2.75) is 38.3 Å². The normalized spacial score (nSPS) is 23.8. The first-order valence-corrected chi connectivity index (χ1v) is 8.40. The van der Waals surface area contributed by atoms with Gasteiger partial charge < -0.3 is 5.73 Å². The molecule has 0 saturated heterocycles. The molecule has 5 heteroatoms. The molecule has 1 saturated carbocycles. The van der Waals surface area contributed by atoms with Crippen molar-refractivity contribution in [2.75, 3.05) is 13.6 Å². The van der Waals surface area contributed by atoms with Gasteiger partial charge in [-0.05, 0) is 70.3 Å². The minimum Gasteiger partial charge on any atom is -0.330 e. The summed E-state index contributed by atoms with van der Waals surface area (Å²) in [5, 5.41) is 0. The molecule has 2 rings (SSSR count). The maximum Gasteiger partial charge on any atom is 0.0686 e. The van der Waals surface area contributed by atoms with E-state index in [-0.39, 0.29) is 0 Å². The van der Waals surface area contributed by atoms with Gasteiger partial charge in [-0.15, -0.1) is 0 Å². The summed E-state index contributed by atoms with van der Waals surface area (Å²) in [6.45, 7) is 1.67. The van der Waals surface area contributed by atoms with Gasteiger partial charge in [0.1, 0.15) is 0 Å². The van der Waals surface area contributed by atoms with Gasteiger partial charge in [0, 0.05) is 27.7 Å². The van der Waals surface area contributed by atoms with E-state index in [0.29, 0.717) is 12.0 Å². The summed E-state index contributed by atoms with van der Waals surface area (Å²) in [6, 6.07) is 2.65. The predicted molar refractivity (Wildman–Crippen MR) is 85.9 cm³/mol. The number of aromatic nitrogens is 1. The zero-order valence-electron chi connectivity index (χ0n) is 11.3. The molecule has 1 aliphatic carbocycles. The van der Waals surface area contributed by atoms with Crippen LogP contribution in [0.4, 0.5) is 0 Å². The van der Waals surface area contributed by atoms with Crippen molar-refractivity contribution in [1.29, 1.82) is 0 Å². The van der Waals surface area contributed by atoms with Crippen LogP contribution in [-0.4, -0.2) is 29.5 Å². The number of rotatable bonds is 4. The van der Waals surface area contributed by atoms with E-state index < -0.39 is 0 Å². The van der Waals surface area contributed by atoms with Crippen LogP contribution in [0.15, 0.2) is 21.2 Å². The Balaban J connectivity index is 2.04. The van der Waals surface area contributed by atoms with Gasteiger partial charge >= 0.3 is 0 Å². The van der Waals surface area contributed by atoms with E-state index in [4.69, 9.17) is 5.73 Å². The standard InChI is InChI=1S/C14H21Br2N3/c1-19(14-5-3-2-4-10(14)7-17)9-13-12(16)6-11(15)8-18-13/h6,8,10,14H,2-5,7,9,17H2,1H3. The van der Waals surface area contributed by atoms with Crippen molar-refractivity contribution < 1.29 is 0 Å². The molecule has 2 unspecified atom stereocenters. The first-order valence-electron chi connectivity index (χ1n) is 6.82. The van der Waals surface area contributed by atoms with E-state index in [1.165, 1.54) is 25.7 Å². The van der Waals surface area contributed by atoms with E-state index in [0.717, 1.165) is 27.7 Å². The molecule has 19 heavy (non-hydrogen) atoms. The van der Waals surface area contributed by atoms with Gasteiger partial charge in [0.2, 0.25) is 0 Å². The highest BCUT2D eigenvalue weighted by atomic mass is 79.9. The molecule has 0 amide bonds. The van der Waals surface area contributed by atoms with E-state index >= 15 is 0 Å². The average Bonchev–Trinajstić information content (AvgIpc) is 2.41. The highest BCUT2D eigenvalue weighted by Crippen LogP contribution is 2.29. The molecule has 2 N–H and O–H groups in total. The van der Waals surface area contributed by atoms with Crippen molar-refractivity contribution in [1.82, 2.24) is 9.88 Å². The lowest BCUT2D eigenvalue weighted by Gasteiger charge is -2.37. The van der Waals surface area contributed by atoms with Crippen LogP contribution in [0.25, 0.3) is 0 Å². The molecular formula is C14H21Br2N3. The Labute approximate surface area is 132 Å². The van der Waals surface area contributed by atoms with Crippen LogP contribution in [0.3, 0.4) is 0 Å². The number of hydrogen-bond acceptors (Lipinski definition) is 3. The first kappa shape index (κ1) is 15.4. The average molecular weight is 391 g/mol. The molecule has 0 bridgehead atoms. The summed E-state index contributed by atoms with van der Waals surface area (Å²) < 4.78 is 2.07. The lowest BCUT2D eigenvalue weighted by atomic mass is 9.83. The molecular weight excluding hydrogens is 370 g/mol. The zero-order valence-corrected chi connectivity index (χ0v) is 14.5. The lowest BCUT2D eigenvalue weighted by Crippen LogP contribution is -2.42. The van der Waals surface area contributed by atoms with E-state index in [1.807, 2.05) is 6.20 Å². The first-order chi connectivity index (χ1) is 9.11. The minimum absolute atomic E-state index is 0.594. The van der Waals surface area contributed by atoms with Crippen molar-refractivity contribution in [3.05, 3.63) is 26.9 Å². The van der Waals surface area contributed by atoms with Gasteiger partial charge in [-0.3, -0.25) is 9.88 Å². The van der Waals surface area contributed by atoms with Crippen LogP contribution in [0, 0.1) is 5.92 Å². The third-order valence-electron chi connectivity index (χ3n) is 4.02. The Hall–Kier alpha value is 0.0300. The Morgan fingerprint density at radius 1 is 1.37 bits per heavy atom. The fourth-order valence-corrected chi connectivity index (χ4v) is 4.07. The van der Waals surface area contributed by atoms with Crippen LogP contribution < -0.4 is 5.73 Å². The maximum absolute atomic E-state index is 5.92. The molecule has 106 valence electrons. The van der Waals surface area contributed by atoms with Crippen LogP contribution in [0.2, 0.25) is 0 Å². The molecule has 1 aliphatic rings. The predicted octanol–water partition coefficient (Wildman–Crippen LogP) is 3.56. The highest BCUT2D eigenvalue weighted by Gasteiger charge is 2.27. The summed E-state index contributed by atoms with van der Waals surface area (Å²) in [7, 11) is 2.19. The number of nitrogens with zero attached hydrogens (tertiary/aromatic N) is 2. The van der Waals surface area contributed by atoms with Gasteiger partial charge in [0.25, 0.3) is 0 Å². The maximum atomic E-state index is 5.92. The van der Waals surface area contributed by atoms with Crippen molar-refractivity contribution in [2.24, 2.45) is 11.7 Å². The summed E-state index contributed by atoms with van der Waals surface area (Å²) in [5.41, 5.74) is 7.01. The van der Waals surface area contributed by atoms with Crippen LogP contribution >= 0.6 is 31.9 Å². The Kier molecular flexibility index (Phi) is 5.81. The molecule has 1 aromatic rings. The Bertz CT molecular complexity index is 425. The zero-order chi connectivity index (χ0) is 13.8. The van der Waals surface area contributed by atoms with Gasteiger partial charge in [0.15, 0.2) is 0 Å².